The van der Waals surface area contributed by atoms with Gasteiger partial charge in [0.2, 0.25) is 23.6 Å². The number of fused-ring (bicyclic) bond motifs is 1. The van der Waals surface area contributed by atoms with Crippen molar-refractivity contribution in [3.63, 3.8) is 0 Å². The van der Waals surface area contributed by atoms with E-state index >= 15 is 0 Å². The Morgan fingerprint density at radius 2 is 1.59 bits per heavy atom. The first-order chi connectivity index (χ1) is 18.3. The molecule has 0 bridgehead atoms. The molecule has 0 spiro atoms. The number of para-hydroxylation sites is 1. The number of carboxylic acid groups (broad SMARTS) is 1. The monoisotopic (exact) mass is 544 g/mol. The maximum absolute atomic E-state index is 13.4. The molecule has 0 aliphatic heterocycles. The van der Waals surface area contributed by atoms with Gasteiger partial charge in [-0.1, -0.05) is 52.3 Å². The highest BCUT2D eigenvalue weighted by atomic mass is 16.4. The zero-order chi connectivity index (χ0) is 29.3. The smallest absolute Gasteiger partial charge is 0.326 e. The van der Waals surface area contributed by atoms with Crippen LogP contribution in [-0.4, -0.2) is 63.9 Å². The Kier molecular flexibility index (Phi) is 11.5. The van der Waals surface area contributed by atoms with Crippen LogP contribution in [0, 0.1) is 11.8 Å². The van der Waals surface area contributed by atoms with Gasteiger partial charge in [0.05, 0.1) is 6.04 Å². The Balaban J connectivity index is 2.31. The van der Waals surface area contributed by atoms with Gasteiger partial charge in [-0.25, -0.2) is 4.79 Å². The molecule has 0 radical (unpaired) electrons. The van der Waals surface area contributed by atoms with Crippen LogP contribution >= 0.6 is 0 Å². The van der Waals surface area contributed by atoms with Gasteiger partial charge < -0.3 is 37.5 Å². The molecule has 12 heteroatoms. The molecule has 1 aromatic carbocycles. The fourth-order valence-corrected chi connectivity index (χ4v) is 4.10. The molecule has 4 amide bonds. The van der Waals surface area contributed by atoms with Crippen molar-refractivity contribution < 1.29 is 29.1 Å². The third kappa shape index (κ3) is 8.81. The molecule has 2 aromatic rings. The average Bonchev–Trinajstić information content (AvgIpc) is 3.30. The van der Waals surface area contributed by atoms with Gasteiger partial charge in [-0.05, 0) is 29.9 Å². The molecule has 5 unspecified atom stereocenters. The molecule has 1 aromatic heterocycles. The van der Waals surface area contributed by atoms with Crippen molar-refractivity contribution in [2.24, 2.45) is 23.3 Å². The number of hydrogen-bond donors (Lipinski definition) is 7. The predicted octanol–water partition coefficient (Wildman–Crippen LogP) is 0.544. The van der Waals surface area contributed by atoms with Crippen molar-refractivity contribution in [3.05, 3.63) is 36.0 Å². The van der Waals surface area contributed by atoms with E-state index < -0.39 is 53.8 Å². The number of benzene rings is 1. The van der Waals surface area contributed by atoms with Gasteiger partial charge in [-0.2, -0.15) is 0 Å². The maximum atomic E-state index is 13.4. The van der Waals surface area contributed by atoms with Crippen molar-refractivity contribution in [1.29, 1.82) is 0 Å². The van der Waals surface area contributed by atoms with Gasteiger partial charge in [0.25, 0.3) is 0 Å². The molecule has 1 heterocycles. The predicted molar refractivity (Wildman–Crippen MR) is 146 cm³/mol. The Hall–Kier alpha value is -3.93. The highest BCUT2D eigenvalue weighted by Crippen LogP contribution is 2.19. The number of aromatic nitrogens is 1. The van der Waals surface area contributed by atoms with Crippen LogP contribution in [0.15, 0.2) is 30.5 Å². The number of nitrogens with one attached hydrogen (secondary N) is 4. The minimum Gasteiger partial charge on any atom is -0.480 e. The van der Waals surface area contributed by atoms with Crippen LogP contribution in [0.2, 0.25) is 0 Å². The molecule has 5 atom stereocenters. The summed E-state index contributed by atoms with van der Waals surface area (Å²) in [5.74, 6) is -4.33. The largest absolute Gasteiger partial charge is 0.480 e. The van der Waals surface area contributed by atoms with E-state index in [1.807, 2.05) is 38.1 Å². The Bertz CT molecular complexity index is 1180. The number of carbonyl (C=O) groups is 5. The van der Waals surface area contributed by atoms with Gasteiger partial charge in [0.15, 0.2) is 0 Å². The van der Waals surface area contributed by atoms with Crippen molar-refractivity contribution in [1.82, 2.24) is 20.9 Å². The topological polar surface area (TPSA) is 209 Å². The lowest BCUT2D eigenvalue weighted by Gasteiger charge is -2.28. The molecule has 0 aliphatic carbocycles. The Morgan fingerprint density at radius 3 is 2.18 bits per heavy atom. The molecule has 2 rings (SSSR count). The standard InChI is InChI=1S/C27H40N6O6/c1-5-15(4)22(29)25(36)33-23(14(2)3)26(37)32-20(12-16-13-30-18-9-7-6-8-17(16)18)24(35)31-19(27(38)39)10-11-21(28)34/h6-9,13-15,19-20,22-23,30H,5,10-12,29H2,1-4H3,(H2,28,34)(H,31,35)(H,32,37)(H,33,36)(H,38,39). The molecular weight excluding hydrogens is 504 g/mol. The Labute approximate surface area is 227 Å². The molecule has 0 aliphatic rings. The highest BCUT2D eigenvalue weighted by molar-refractivity contribution is 5.95. The lowest BCUT2D eigenvalue weighted by molar-refractivity contribution is -0.142. The van der Waals surface area contributed by atoms with Crippen LogP contribution in [0.4, 0.5) is 0 Å². The maximum Gasteiger partial charge on any atom is 0.326 e. The van der Waals surface area contributed by atoms with Crippen LogP contribution < -0.4 is 27.4 Å². The average molecular weight is 545 g/mol. The zero-order valence-electron chi connectivity index (χ0n) is 22.8. The van der Waals surface area contributed by atoms with Crippen LogP contribution in [0.3, 0.4) is 0 Å². The second kappa shape index (κ2) is 14.3. The minimum atomic E-state index is -1.39. The fourth-order valence-electron chi connectivity index (χ4n) is 4.10. The number of hydrogen-bond acceptors (Lipinski definition) is 6. The molecule has 12 nitrogen and oxygen atoms in total. The summed E-state index contributed by atoms with van der Waals surface area (Å²) in [6.07, 6.45) is 1.98. The first kappa shape index (κ1) is 31.3. The lowest BCUT2D eigenvalue weighted by atomic mass is 9.97. The molecular formula is C27H40N6O6. The second-order valence-corrected chi connectivity index (χ2v) is 10.2. The number of aromatic amines is 1. The quantitative estimate of drug-likeness (QED) is 0.169. The molecule has 0 saturated heterocycles. The van der Waals surface area contributed by atoms with Crippen molar-refractivity contribution in [2.75, 3.05) is 0 Å². The number of carbonyl (C=O) groups excluding carboxylic acids is 4. The molecule has 39 heavy (non-hydrogen) atoms. The number of H-pyrrole nitrogens is 1. The van der Waals surface area contributed by atoms with Crippen LogP contribution in [0.1, 0.15) is 52.5 Å². The van der Waals surface area contributed by atoms with E-state index in [0.717, 1.165) is 16.5 Å². The van der Waals surface area contributed by atoms with Gasteiger partial charge in [0.1, 0.15) is 18.1 Å². The zero-order valence-corrected chi connectivity index (χ0v) is 22.8. The molecule has 0 fully saturated rings. The third-order valence-corrected chi connectivity index (χ3v) is 6.83. The van der Waals surface area contributed by atoms with Crippen molar-refractivity contribution >= 4 is 40.5 Å². The molecule has 9 N–H and O–H groups in total. The molecule has 214 valence electrons. The van der Waals surface area contributed by atoms with Crippen LogP contribution in [-0.2, 0) is 30.4 Å². The van der Waals surface area contributed by atoms with E-state index in [1.165, 1.54) is 0 Å². The summed E-state index contributed by atoms with van der Waals surface area (Å²) < 4.78 is 0. The summed E-state index contributed by atoms with van der Waals surface area (Å²) in [5.41, 5.74) is 12.7. The van der Waals surface area contributed by atoms with E-state index in [0.29, 0.717) is 6.42 Å². The van der Waals surface area contributed by atoms with Gasteiger partial charge >= 0.3 is 5.97 Å². The number of primary amides is 1. The number of amides is 4. The summed E-state index contributed by atoms with van der Waals surface area (Å²) in [7, 11) is 0. The minimum absolute atomic E-state index is 0.0366. The lowest BCUT2D eigenvalue weighted by Crippen LogP contribution is -2.59. The van der Waals surface area contributed by atoms with Gasteiger partial charge in [-0.15, -0.1) is 0 Å². The summed E-state index contributed by atoms with van der Waals surface area (Å²) >= 11 is 0. The fraction of sp³-hybridized carbons (Fsp3) is 0.519. The summed E-state index contributed by atoms with van der Waals surface area (Å²) in [5, 5.41) is 18.2. The van der Waals surface area contributed by atoms with E-state index in [4.69, 9.17) is 11.5 Å². The Morgan fingerprint density at radius 1 is 0.949 bits per heavy atom. The normalized spacial score (nSPS) is 15.1. The van der Waals surface area contributed by atoms with Gasteiger partial charge in [-0.3, -0.25) is 19.2 Å². The van der Waals surface area contributed by atoms with E-state index in [2.05, 4.69) is 20.9 Å². The van der Waals surface area contributed by atoms with Crippen LogP contribution in [0.25, 0.3) is 10.9 Å². The summed E-state index contributed by atoms with van der Waals surface area (Å²) in [4.78, 5) is 65.5. The summed E-state index contributed by atoms with van der Waals surface area (Å²) in [6, 6.07) is 3.04. The van der Waals surface area contributed by atoms with E-state index in [-0.39, 0.29) is 31.1 Å². The number of rotatable bonds is 15. The van der Waals surface area contributed by atoms with Crippen LogP contribution in [0.5, 0.6) is 0 Å². The third-order valence-electron chi connectivity index (χ3n) is 6.83. The van der Waals surface area contributed by atoms with E-state index in [1.54, 1.807) is 20.0 Å². The summed E-state index contributed by atoms with van der Waals surface area (Å²) in [6.45, 7) is 7.25. The SMILES string of the molecule is CCC(C)C(N)C(=O)NC(C(=O)NC(Cc1c[nH]c2ccccc12)C(=O)NC(CCC(N)=O)C(=O)O)C(C)C. The van der Waals surface area contributed by atoms with E-state index in [9.17, 15) is 29.1 Å². The molecule has 0 saturated carbocycles. The van der Waals surface area contributed by atoms with Gasteiger partial charge in [0, 0.05) is 29.9 Å². The second-order valence-electron chi connectivity index (χ2n) is 10.2. The first-order valence-electron chi connectivity index (χ1n) is 13.1. The van der Waals surface area contributed by atoms with Crippen molar-refractivity contribution in [2.45, 2.75) is 77.5 Å². The van der Waals surface area contributed by atoms with Crippen molar-refractivity contribution in [3.8, 4) is 0 Å². The number of aliphatic carboxylic acids is 1. The number of nitrogens with two attached hydrogens (primary N) is 2. The number of carboxylic acids is 1. The highest BCUT2D eigenvalue weighted by Gasteiger charge is 2.33. The first-order valence-corrected chi connectivity index (χ1v) is 13.1.